The predicted molar refractivity (Wildman–Crippen MR) is 101 cm³/mol. The molecule has 23 heavy (non-hydrogen) atoms. The van der Waals surface area contributed by atoms with Crippen molar-refractivity contribution in [1.29, 1.82) is 0 Å². The number of halogens is 1. The van der Waals surface area contributed by atoms with Gasteiger partial charge in [0.15, 0.2) is 0 Å². The van der Waals surface area contributed by atoms with E-state index in [9.17, 15) is 5.11 Å². The number of aliphatic hydroxyl groups excluding tert-OH is 1. The van der Waals surface area contributed by atoms with Gasteiger partial charge in [-0.15, -0.1) is 11.3 Å². The van der Waals surface area contributed by atoms with Crippen LogP contribution in [0.25, 0.3) is 10.4 Å². The lowest BCUT2D eigenvalue weighted by Gasteiger charge is -2.23. The van der Waals surface area contributed by atoms with Crippen molar-refractivity contribution in [3.8, 4) is 10.4 Å². The summed E-state index contributed by atoms with van der Waals surface area (Å²) in [5.41, 5.74) is 1.26. The monoisotopic (exact) mass is 394 g/mol. The first-order chi connectivity index (χ1) is 11.3. The highest BCUT2D eigenvalue weighted by atomic mass is 79.9. The zero-order valence-corrected chi connectivity index (χ0v) is 15.5. The van der Waals surface area contributed by atoms with Gasteiger partial charge in [0.2, 0.25) is 0 Å². The quantitative estimate of drug-likeness (QED) is 0.725. The first kappa shape index (κ1) is 17.1. The zero-order chi connectivity index (χ0) is 16.1. The van der Waals surface area contributed by atoms with E-state index in [2.05, 4.69) is 63.0 Å². The lowest BCUT2D eigenvalue weighted by molar-refractivity contribution is 0.184. The van der Waals surface area contributed by atoms with E-state index in [0.717, 1.165) is 36.9 Å². The Bertz CT molecular complexity index is 614. The van der Waals surface area contributed by atoms with Gasteiger partial charge in [-0.2, -0.15) is 0 Å². The molecule has 0 spiro atoms. The summed E-state index contributed by atoms with van der Waals surface area (Å²) in [5, 5.41) is 16.7. The van der Waals surface area contributed by atoms with E-state index >= 15 is 0 Å². The van der Waals surface area contributed by atoms with Crippen molar-refractivity contribution in [2.75, 3.05) is 19.7 Å². The molecule has 0 aliphatic carbocycles. The molecule has 1 saturated heterocycles. The van der Waals surface area contributed by atoms with Gasteiger partial charge < -0.3 is 15.7 Å². The fourth-order valence-electron chi connectivity index (χ4n) is 3.07. The van der Waals surface area contributed by atoms with Crippen molar-refractivity contribution < 1.29 is 5.11 Å². The molecule has 124 valence electrons. The van der Waals surface area contributed by atoms with Crippen LogP contribution in [-0.4, -0.2) is 30.8 Å². The van der Waals surface area contributed by atoms with Crippen LogP contribution in [0, 0.1) is 5.92 Å². The van der Waals surface area contributed by atoms with Crippen LogP contribution in [0.4, 0.5) is 0 Å². The van der Waals surface area contributed by atoms with Gasteiger partial charge in [-0.3, -0.25) is 0 Å². The molecule has 0 radical (unpaired) electrons. The van der Waals surface area contributed by atoms with Crippen LogP contribution in [-0.2, 0) is 6.54 Å². The molecule has 2 heterocycles. The summed E-state index contributed by atoms with van der Waals surface area (Å²) in [4.78, 5) is 2.65. The van der Waals surface area contributed by atoms with Crippen molar-refractivity contribution in [1.82, 2.24) is 10.6 Å². The second-order valence-electron chi connectivity index (χ2n) is 6.03. The molecule has 3 rings (SSSR count). The van der Waals surface area contributed by atoms with Crippen molar-refractivity contribution in [2.24, 2.45) is 5.92 Å². The minimum absolute atomic E-state index is 0.272. The first-order valence-electron chi connectivity index (χ1n) is 8.16. The maximum Gasteiger partial charge on any atom is 0.0474 e. The maximum atomic E-state index is 9.59. The van der Waals surface area contributed by atoms with E-state index in [1.807, 2.05) is 11.3 Å². The van der Waals surface area contributed by atoms with E-state index in [4.69, 9.17) is 0 Å². The second kappa shape index (κ2) is 8.40. The molecule has 5 heteroatoms. The summed E-state index contributed by atoms with van der Waals surface area (Å²) in [6.45, 7) is 3.19. The zero-order valence-electron chi connectivity index (χ0n) is 13.1. The Balaban J connectivity index is 1.61. The van der Waals surface area contributed by atoms with Crippen molar-refractivity contribution in [2.45, 2.75) is 25.4 Å². The Morgan fingerprint density at radius 3 is 2.70 bits per heavy atom. The summed E-state index contributed by atoms with van der Waals surface area (Å²) in [6, 6.07) is 13.3. The molecule has 1 aliphatic heterocycles. The lowest BCUT2D eigenvalue weighted by Crippen LogP contribution is -2.37. The van der Waals surface area contributed by atoms with E-state index in [1.54, 1.807) is 0 Å². The van der Waals surface area contributed by atoms with Gasteiger partial charge in [0, 0.05) is 33.4 Å². The Morgan fingerprint density at radius 2 is 1.91 bits per heavy atom. The molecule has 1 aliphatic rings. The van der Waals surface area contributed by atoms with Gasteiger partial charge in [0.05, 0.1) is 0 Å². The van der Waals surface area contributed by atoms with Gasteiger partial charge in [0.1, 0.15) is 0 Å². The SMILES string of the molecule is OCC1CCNCCC1NCc1ccc(-c2ccc(Br)cc2)s1. The van der Waals surface area contributed by atoms with Crippen LogP contribution >= 0.6 is 27.3 Å². The van der Waals surface area contributed by atoms with Gasteiger partial charge in [-0.25, -0.2) is 0 Å². The number of thiophene rings is 1. The highest BCUT2D eigenvalue weighted by molar-refractivity contribution is 9.10. The predicted octanol–water partition coefficient (Wildman–Crippen LogP) is 3.63. The summed E-state index contributed by atoms with van der Waals surface area (Å²) < 4.78 is 1.11. The normalized spacial score (nSPS) is 22.0. The van der Waals surface area contributed by atoms with E-state index in [0.29, 0.717) is 12.0 Å². The molecule has 0 amide bonds. The van der Waals surface area contributed by atoms with Gasteiger partial charge in [-0.05, 0) is 61.7 Å². The molecule has 2 atom stereocenters. The molecule has 1 aromatic carbocycles. The molecule has 3 N–H and O–H groups in total. The standard InChI is InChI=1S/C18H23BrN2OS/c19-15-3-1-13(2-4-15)18-6-5-16(23-18)11-21-17-8-10-20-9-7-14(17)12-22/h1-6,14,17,20-22H,7-12H2. The molecule has 1 fully saturated rings. The number of benzene rings is 1. The van der Waals surface area contributed by atoms with Gasteiger partial charge in [-0.1, -0.05) is 28.1 Å². The summed E-state index contributed by atoms with van der Waals surface area (Å²) in [5.74, 6) is 0.357. The Hall–Kier alpha value is -0.720. The highest BCUT2D eigenvalue weighted by Crippen LogP contribution is 2.29. The molecule has 1 aromatic heterocycles. The Morgan fingerprint density at radius 1 is 1.13 bits per heavy atom. The number of rotatable bonds is 5. The van der Waals surface area contributed by atoms with Crippen molar-refractivity contribution in [3.05, 3.63) is 45.7 Å². The van der Waals surface area contributed by atoms with Crippen molar-refractivity contribution >= 4 is 27.3 Å². The van der Waals surface area contributed by atoms with Crippen LogP contribution in [0.2, 0.25) is 0 Å². The van der Waals surface area contributed by atoms with Gasteiger partial charge in [0.25, 0.3) is 0 Å². The number of nitrogens with one attached hydrogen (secondary N) is 2. The summed E-state index contributed by atoms with van der Waals surface area (Å²) in [6.07, 6.45) is 2.12. The van der Waals surface area contributed by atoms with Crippen LogP contribution in [0.1, 0.15) is 17.7 Å². The third-order valence-electron chi connectivity index (χ3n) is 4.46. The van der Waals surface area contributed by atoms with E-state index in [1.165, 1.54) is 15.3 Å². The fourth-order valence-corrected chi connectivity index (χ4v) is 4.30. The number of aliphatic hydroxyl groups is 1. The Kier molecular flexibility index (Phi) is 6.25. The van der Waals surface area contributed by atoms with Crippen LogP contribution < -0.4 is 10.6 Å². The van der Waals surface area contributed by atoms with Crippen molar-refractivity contribution in [3.63, 3.8) is 0 Å². The molecule has 2 unspecified atom stereocenters. The van der Waals surface area contributed by atoms with E-state index < -0.39 is 0 Å². The van der Waals surface area contributed by atoms with Crippen LogP contribution in [0.3, 0.4) is 0 Å². The third kappa shape index (κ3) is 4.64. The number of hydrogen-bond acceptors (Lipinski definition) is 4. The molecule has 2 aromatic rings. The largest absolute Gasteiger partial charge is 0.396 e. The minimum Gasteiger partial charge on any atom is -0.396 e. The number of hydrogen-bond donors (Lipinski definition) is 3. The first-order valence-corrected chi connectivity index (χ1v) is 9.77. The summed E-state index contributed by atoms with van der Waals surface area (Å²) in [7, 11) is 0. The summed E-state index contributed by atoms with van der Waals surface area (Å²) >= 11 is 5.32. The smallest absolute Gasteiger partial charge is 0.0474 e. The van der Waals surface area contributed by atoms with Crippen LogP contribution in [0.15, 0.2) is 40.9 Å². The maximum absolute atomic E-state index is 9.59. The average Bonchev–Trinajstić information content (AvgIpc) is 2.92. The Labute approximate surface area is 150 Å². The topological polar surface area (TPSA) is 44.3 Å². The molecule has 0 saturated carbocycles. The molecule has 0 bridgehead atoms. The van der Waals surface area contributed by atoms with Crippen LogP contribution in [0.5, 0.6) is 0 Å². The molecular formula is C18H23BrN2OS. The third-order valence-corrected chi connectivity index (χ3v) is 6.12. The highest BCUT2D eigenvalue weighted by Gasteiger charge is 2.22. The average molecular weight is 395 g/mol. The molecular weight excluding hydrogens is 372 g/mol. The fraction of sp³-hybridized carbons (Fsp3) is 0.444. The minimum atomic E-state index is 0.272. The molecule has 3 nitrogen and oxygen atoms in total. The lowest BCUT2D eigenvalue weighted by atomic mass is 9.96. The van der Waals surface area contributed by atoms with E-state index in [-0.39, 0.29) is 6.61 Å². The second-order valence-corrected chi connectivity index (χ2v) is 8.11. The van der Waals surface area contributed by atoms with Gasteiger partial charge >= 0.3 is 0 Å².